The SMILES string of the molecule is N[C@@H]1CCCNC1.O=S(=O)(O)O. The Bertz CT molecular complexity index is 189. The Kier molecular flexibility index (Phi) is 5.34. The van der Waals surface area contributed by atoms with E-state index in [4.69, 9.17) is 23.3 Å². The molecule has 0 bridgehead atoms. The molecule has 74 valence electrons. The van der Waals surface area contributed by atoms with Crippen LogP contribution in [0.2, 0.25) is 0 Å². The summed E-state index contributed by atoms with van der Waals surface area (Å²) in [7, 11) is -4.67. The van der Waals surface area contributed by atoms with Gasteiger partial charge in [-0.05, 0) is 19.4 Å². The second-order valence-electron chi connectivity index (χ2n) is 2.55. The molecule has 0 aromatic carbocycles. The molecular formula is C5H14N2O4S. The van der Waals surface area contributed by atoms with Crippen LogP contribution in [0, 0.1) is 0 Å². The fourth-order valence-corrected chi connectivity index (χ4v) is 0.879. The number of nitrogens with one attached hydrogen (secondary N) is 1. The minimum atomic E-state index is -4.67. The molecule has 0 unspecified atom stereocenters. The summed E-state index contributed by atoms with van der Waals surface area (Å²) < 4.78 is 31.6. The van der Waals surface area contributed by atoms with Crippen molar-refractivity contribution in [3.8, 4) is 0 Å². The molecular weight excluding hydrogens is 184 g/mol. The largest absolute Gasteiger partial charge is 0.394 e. The van der Waals surface area contributed by atoms with E-state index in [-0.39, 0.29) is 0 Å². The van der Waals surface area contributed by atoms with Crippen molar-refractivity contribution in [2.24, 2.45) is 5.73 Å². The summed E-state index contributed by atoms with van der Waals surface area (Å²) in [6.45, 7) is 2.17. The Labute approximate surface area is 71.7 Å². The van der Waals surface area contributed by atoms with Gasteiger partial charge < -0.3 is 11.1 Å². The summed E-state index contributed by atoms with van der Waals surface area (Å²) in [5.74, 6) is 0. The summed E-state index contributed by atoms with van der Waals surface area (Å²) in [5.41, 5.74) is 5.57. The van der Waals surface area contributed by atoms with Crippen molar-refractivity contribution in [2.45, 2.75) is 18.9 Å². The molecule has 7 heteroatoms. The zero-order valence-corrected chi connectivity index (χ0v) is 7.42. The Hall–Kier alpha value is -0.210. The third-order valence-electron chi connectivity index (χ3n) is 1.33. The first kappa shape index (κ1) is 11.8. The maximum absolute atomic E-state index is 8.74. The topological polar surface area (TPSA) is 113 Å². The number of hydrogen-bond donors (Lipinski definition) is 4. The van der Waals surface area contributed by atoms with Gasteiger partial charge in [0, 0.05) is 12.6 Å². The molecule has 1 aliphatic rings. The van der Waals surface area contributed by atoms with E-state index in [2.05, 4.69) is 5.32 Å². The van der Waals surface area contributed by atoms with Crippen LogP contribution in [0.15, 0.2) is 0 Å². The second kappa shape index (κ2) is 5.44. The summed E-state index contributed by atoms with van der Waals surface area (Å²) in [5, 5.41) is 3.21. The van der Waals surface area contributed by atoms with Gasteiger partial charge >= 0.3 is 10.4 Å². The van der Waals surface area contributed by atoms with Crippen LogP contribution in [0.5, 0.6) is 0 Å². The van der Waals surface area contributed by atoms with E-state index in [1.807, 2.05) is 0 Å². The molecule has 1 aliphatic heterocycles. The third kappa shape index (κ3) is 12.5. The van der Waals surface area contributed by atoms with E-state index in [0.29, 0.717) is 6.04 Å². The molecule has 1 rings (SSSR count). The van der Waals surface area contributed by atoms with Gasteiger partial charge in [0.25, 0.3) is 0 Å². The molecule has 1 atom stereocenters. The Balaban J connectivity index is 0.000000217. The van der Waals surface area contributed by atoms with Crippen molar-refractivity contribution in [3.05, 3.63) is 0 Å². The molecule has 0 radical (unpaired) electrons. The lowest BCUT2D eigenvalue weighted by Gasteiger charge is -2.17. The summed E-state index contributed by atoms with van der Waals surface area (Å²) in [6, 6.07) is 0.425. The van der Waals surface area contributed by atoms with Gasteiger partial charge in [0.05, 0.1) is 0 Å². The van der Waals surface area contributed by atoms with Crippen molar-refractivity contribution in [1.29, 1.82) is 0 Å². The van der Waals surface area contributed by atoms with Crippen LogP contribution in [0.3, 0.4) is 0 Å². The Morgan fingerprint density at radius 3 is 2.08 bits per heavy atom. The molecule has 1 heterocycles. The highest BCUT2D eigenvalue weighted by atomic mass is 32.3. The van der Waals surface area contributed by atoms with Gasteiger partial charge in [0.1, 0.15) is 0 Å². The van der Waals surface area contributed by atoms with E-state index < -0.39 is 10.4 Å². The fourth-order valence-electron chi connectivity index (χ4n) is 0.879. The average molecular weight is 198 g/mol. The van der Waals surface area contributed by atoms with E-state index in [1.165, 1.54) is 12.8 Å². The molecule has 0 aromatic heterocycles. The highest BCUT2D eigenvalue weighted by Crippen LogP contribution is 1.96. The van der Waals surface area contributed by atoms with Crippen molar-refractivity contribution in [1.82, 2.24) is 5.32 Å². The molecule has 5 N–H and O–H groups in total. The van der Waals surface area contributed by atoms with Crippen molar-refractivity contribution in [2.75, 3.05) is 13.1 Å². The maximum Gasteiger partial charge on any atom is 0.394 e. The predicted octanol–water partition coefficient (Wildman–Crippen LogP) is -0.956. The third-order valence-corrected chi connectivity index (χ3v) is 1.33. The lowest BCUT2D eigenvalue weighted by Crippen LogP contribution is -2.39. The minimum absolute atomic E-state index is 0.425. The smallest absolute Gasteiger partial charge is 0.327 e. The maximum atomic E-state index is 8.74. The monoisotopic (exact) mass is 198 g/mol. The molecule has 0 aliphatic carbocycles. The molecule has 12 heavy (non-hydrogen) atoms. The van der Waals surface area contributed by atoms with Crippen molar-refractivity contribution < 1.29 is 17.5 Å². The van der Waals surface area contributed by atoms with Crippen LogP contribution >= 0.6 is 0 Å². The number of piperidine rings is 1. The highest BCUT2D eigenvalue weighted by molar-refractivity contribution is 7.79. The van der Waals surface area contributed by atoms with Gasteiger partial charge in [-0.3, -0.25) is 9.11 Å². The van der Waals surface area contributed by atoms with Gasteiger partial charge in [-0.2, -0.15) is 8.42 Å². The van der Waals surface area contributed by atoms with Crippen LogP contribution in [0.1, 0.15) is 12.8 Å². The van der Waals surface area contributed by atoms with Crippen LogP contribution in [-0.4, -0.2) is 36.7 Å². The standard InChI is InChI=1S/C5H12N2.H2O4S/c6-5-2-1-3-7-4-5;1-5(2,3)4/h5,7H,1-4,6H2;(H2,1,2,3,4)/t5-;/m1./s1. The molecule has 0 saturated carbocycles. The lowest BCUT2D eigenvalue weighted by molar-refractivity contribution is 0.381. The number of hydrogen-bond acceptors (Lipinski definition) is 4. The minimum Gasteiger partial charge on any atom is -0.327 e. The van der Waals surface area contributed by atoms with E-state index in [9.17, 15) is 0 Å². The molecule has 0 aromatic rings. The van der Waals surface area contributed by atoms with E-state index in [1.54, 1.807) is 0 Å². The zero-order valence-electron chi connectivity index (χ0n) is 6.60. The predicted molar refractivity (Wildman–Crippen MR) is 44.3 cm³/mol. The molecule has 1 saturated heterocycles. The Morgan fingerprint density at radius 2 is 1.92 bits per heavy atom. The van der Waals surface area contributed by atoms with Gasteiger partial charge in [0.15, 0.2) is 0 Å². The molecule has 0 spiro atoms. The second-order valence-corrected chi connectivity index (χ2v) is 3.45. The quantitative estimate of drug-likeness (QED) is 0.373. The normalized spacial score (nSPS) is 24.1. The highest BCUT2D eigenvalue weighted by Gasteiger charge is 2.05. The fraction of sp³-hybridized carbons (Fsp3) is 1.00. The number of nitrogens with two attached hydrogens (primary N) is 1. The van der Waals surface area contributed by atoms with Crippen LogP contribution < -0.4 is 11.1 Å². The molecule has 6 nitrogen and oxygen atoms in total. The zero-order chi connectivity index (χ0) is 9.61. The summed E-state index contributed by atoms with van der Waals surface area (Å²) >= 11 is 0. The average Bonchev–Trinajstić information content (AvgIpc) is 1.85. The summed E-state index contributed by atoms with van der Waals surface area (Å²) in [4.78, 5) is 0. The van der Waals surface area contributed by atoms with Gasteiger partial charge in [-0.25, -0.2) is 0 Å². The Morgan fingerprint density at radius 1 is 1.42 bits per heavy atom. The molecule has 0 amide bonds. The van der Waals surface area contributed by atoms with Crippen LogP contribution in [-0.2, 0) is 10.4 Å². The first-order valence-corrected chi connectivity index (χ1v) is 4.95. The van der Waals surface area contributed by atoms with E-state index >= 15 is 0 Å². The first-order valence-electron chi connectivity index (χ1n) is 3.56. The van der Waals surface area contributed by atoms with Gasteiger partial charge in [0.2, 0.25) is 0 Å². The van der Waals surface area contributed by atoms with E-state index in [0.717, 1.165) is 13.1 Å². The van der Waals surface area contributed by atoms with Gasteiger partial charge in [-0.1, -0.05) is 0 Å². The number of rotatable bonds is 0. The molecule has 1 fully saturated rings. The lowest BCUT2D eigenvalue weighted by atomic mass is 10.1. The van der Waals surface area contributed by atoms with Crippen molar-refractivity contribution >= 4 is 10.4 Å². The van der Waals surface area contributed by atoms with Crippen LogP contribution in [0.25, 0.3) is 0 Å². The summed E-state index contributed by atoms with van der Waals surface area (Å²) in [6.07, 6.45) is 2.45. The van der Waals surface area contributed by atoms with Crippen LogP contribution in [0.4, 0.5) is 0 Å². The van der Waals surface area contributed by atoms with Crippen molar-refractivity contribution in [3.63, 3.8) is 0 Å². The first-order chi connectivity index (χ1) is 5.39. The van der Waals surface area contributed by atoms with Gasteiger partial charge in [-0.15, -0.1) is 0 Å².